The Morgan fingerprint density at radius 2 is 1.66 bits per heavy atom. The Morgan fingerprint density at radius 1 is 0.862 bits per heavy atom. The molecule has 0 radical (unpaired) electrons. The fraction of sp³-hybridized carbons (Fsp3) is 0.0833. The van der Waals surface area contributed by atoms with Crippen molar-refractivity contribution in [3.05, 3.63) is 106 Å². The molecule has 4 aromatic rings. The molecular formula is C24H17Cl2N3. The fourth-order valence-corrected chi connectivity index (χ4v) is 4.18. The van der Waals surface area contributed by atoms with Crippen molar-refractivity contribution in [2.75, 3.05) is 5.32 Å². The average molecular weight is 418 g/mol. The van der Waals surface area contributed by atoms with E-state index in [1.807, 2.05) is 60.8 Å². The number of para-hydroxylation sites is 1. The fourth-order valence-electron chi connectivity index (χ4n) is 3.87. The Hall–Kier alpha value is -2.88. The first kappa shape index (κ1) is 18.2. The Bertz CT molecular complexity index is 1190. The molecule has 0 aliphatic heterocycles. The van der Waals surface area contributed by atoms with Crippen molar-refractivity contribution >= 4 is 34.8 Å². The zero-order chi connectivity index (χ0) is 19.8. The molecule has 3 aromatic carbocycles. The molecule has 0 fully saturated rings. The maximum absolute atomic E-state index is 6.29. The summed E-state index contributed by atoms with van der Waals surface area (Å²) in [6, 6.07) is 24.2. The molecular weight excluding hydrogens is 401 g/mol. The van der Waals surface area contributed by atoms with E-state index in [-0.39, 0.29) is 5.92 Å². The van der Waals surface area contributed by atoms with Crippen LogP contribution in [0.25, 0.3) is 11.3 Å². The van der Waals surface area contributed by atoms with E-state index in [0.717, 1.165) is 34.5 Å². The first-order chi connectivity index (χ1) is 14.2. The zero-order valence-corrected chi connectivity index (χ0v) is 17.0. The van der Waals surface area contributed by atoms with Crippen molar-refractivity contribution in [3.8, 4) is 11.3 Å². The molecule has 142 valence electrons. The molecule has 1 aromatic heterocycles. The van der Waals surface area contributed by atoms with Gasteiger partial charge in [0.15, 0.2) is 0 Å². The number of fused-ring (bicyclic) bond motifs is 3. The molecule has 1 aliphatic carbocycles. The number of hydrogen-bond donors (Lipinski definition) is 1. The van der Waals surface area contributed by atoms with Gasteiger partial charge in [-0.2, -0.15) is 0 Å². The summed E-state index contributed by atoms with van der Waals surface area (Å²) >= 11 is 12.4. The van der Waals surface area contributed by atoms with Crippen LogP contribution in [0.2, 0.25) is 10.0 Å². The van der Waals surface area contributed by atoms with Crippen molar-refractivity contribution in [2.24, 2.45) is 0 Å². The van der Waals surface area contributed by atoms with Crippen LogP contribution < -0.4 is 5.32 Å². The van der Waals surface area contributed by atoms with E-state index >= 15 is 0 Å². The van der Waals surface area contributed by atoms with E-state index in [2.05, 4.69) is 28.5 Å². The number of aromatic nitrogens is 2. The summed E-state index contributed by atoms with van der Waals surface area (Å²) in [5.74, 6) is 0.780. The van der Waals surface area contributed by atoms with Crippen molar-refractivity contribution in [1.82, 2.24) is 9.97 Å². The van der Waals surface area contributed by atoms with Gasteiger partial charge in [0.25, 0.3) is 0 Å². The van der Waals surface area contributed by atoms with Crippen molar-refractivity contribution in [1.29, 1.82) is 0 Å². The summed E-state index contributed by atoms with van der Waals surface area (Å²) in [5.41, 5.74) is 6.57. The van der Waals surface area contributed by atoms with Crippen LogP contribution in [0.4, 0.5) is 11.6 Å². The van der Waals surface area contributed by atoms with Gasteiger partial charge in [0.2, 0.25) is 5.95 Å². The summed E-state index contributed by atoms with van der Waals surface area (Å²) in [6.45, 7) is 0. The molecule has 1 heterocycles. The molecule has 0 amide bonds. The minimum Gasteiger partial charge on any atom is -0.324 e. The maximum Gasteiger partial charge on any atom is 0.227 e. The van der Waals surface area contributed by atoms with Gasteiger partial charge < -0.3 is 5.32 Å². The molecule has 1 N–H and O–H groups in total. The molecule has 3 nitrogen and oxygen atoms in total. The second kappa shape index (κ2) is 7.51. The highest BCUT2D eigenvalue weighted by atomic mass is 35.5. The van der Waals surface area contributed by atoms with Gasteiger partial charge in [-0.05, 0) is 47.4 Å². The van der Waals surface area contributed by atoms with Crippen LogP contribution in [-0.2, 0) is 6.42 Å². The predicted molar refractivity (Wildman–Crippen MR) is 119 cm³/mol. The summed E-state index contributed by atoms with van der Waals surface area (Å²) < 4.78 is 0. The van der Waals surface area contributed by atoms with E-state index in [1.165, 1.54) is 5.56 Å². The summed E-state index contributed by atoms with van der Waals surface area (Å²) in [4.78, 5) is 9.39. The van der Waals surface area contributed by atoms with E-state index in [4.69, 9.17) is 28.2 Å². The smallest absolute Gasteiger partial charge is 0.227 e. The van der Waals surface area contributed by atoms with Gasteiger partial charge in [-0.1, -0.05) is 71.7 Å². The van der Waals surface area contributed by atoms with Crippen LogP contribution in [0.15, 0.2) is 79.0 Å². The van der Waals surface area contributed by atoms with Gasteiger partial charge in [0.1, 0.15) is 0 Å². The van der Waals surface area contributed by atoms with Crippen molar-refractivity contribution < 1.29 is 0 Å². The van der Waals surface area contributed by atoms with Crippen LogP contribution in [0.1, 0.15) is 22.6 Å². The van der Waals surface area contributed by atoms with Crippen molar-refractivity contribution in [3.63, 3.8) is 0 Å². The number of hydrogen-bond acceptors (Lipinski definition) is 3. The average Bonchev–Trinajstić information content (AvgIpc) is 2.76. The lowest BCUT2D eigenvalue weighted by atomic mass is 9.78. The SMILES string of the molecule is Clc1ccc(C2Cc3cnc(Nc4ccccc4)nc3-c3ccccc32)cc1Cl. The normalized spacial score (nSPS) is 14.8. The number of nitrogens with one attached hydrogen (secondary N) is 1. The first-order valence-electron chi connectivity index (χ1n) is 9.41. The molecule has 0 saturated carbocycles. The highest BCUT2D eigenvalue weighted by Gasteiger charge is 2.27. The maximum atomic E-state index is 6.29. The topological polar surface area (TPSA) is 37.8 Å². The van der Waals surface area contributed by atoms with Crippen LogP contribution in [0.5, 0.6) is 0 Å². The Labute approximate surface area is 179 Å². The van der Waals surface area contributed by atoms with Crippen LogP contribution >= 0.6 is 23.2 Å². The lowest BCUT2D eigenvalue weighted by Crippen LogP contribution is -2.15. The second-order valence-electron chi connectivity index (χ2n) is 7.08. The highest BCUT2D eigenvalue weighted by molar-refractivity contribution is 6.42. The van der Waals surface area contributed by atoms with Crippen molar-refractivity contribution in [2.45, 2.75) is 12.3 Å². The number of rotatable bonds is 3. The molecule has 1 aliphatic rings. The van der Waals surface area contributed by atoms with E-state index in [0.29, 0.717) is 16.0 Å². The molecule has 0 bridgehead atoms. The molecule has 0 spiro atoms. The van der Waals surface area contributed by atoms with E-state index in [9.17, 15) is 0 Å². The summed E-state index contributed by atoms with van der Waals surface area (Å²) in [6.07, 6.45) is 2.74. The molecule has 1 atom stereocenters. The highest BCUT2D eigenvalue weighted by Crippen LogP contribution is 2.42. The van der Waals surface area contributed by atoms with Gasteiger partial charge in [0, 0.05) is 23.4 Å². The van der Waals surface area contributed by atoms with Gasteiger partial charge in [-0.15, -0.1) is 0 Å². The molecule has 0 saturated heterocycles. The molecule has 1 unspecified atom stereocenters. The number of anilines is 2. The number of benzene rings is 3. The van der Waals surface area contributed by atoms with E-state index in [1.54, 1.807) is 0 Å². The third-order valence-corrected chi connectivity index (χ3v) is 5.99. The van der Waals surface area contributed by atoms with Crippen LogP contribution in [0, 0.1) is 0 Å². The summed E-state index contributed by atoms with van der Waals surface area (Å²) in [7, 11) is 0. The Balaban J connectivity index is 1.56. The lowest BCUT2D eigenvalue weighted by molar-refractivity contribution is 0.782. The quantitative estimate of drug-likeness (QED) is 0.394. The first-order valence-corrected chi connectivity index (χ1v) is 10.2. The molecule has 5 rings (SSSR count). The van der Waals surface area contributed by atoms with Gasteiger partial charge >= 0.3 is 0 Å². The van der Waals surface area contributed by atoms with Gasteiger partial charge in [0.05, 0.1) is 15.7 Å². The monoisotopic (exact) mass is 417 g/mol. The summed E-state index contributed by atoms with van der Waals surface area (Å²) in [5, 5.41) is 4.43. The molecule has 29 heavy (non-hydrogen) atoms. The Morgan fingerprint density at radius 3 is 2.48 bits per heavy atom. The predicted octanol–water partition coefficient (Wildman–Crippen LogP) is 6.88. The van der Waals surface area contributed by atoms with Gasteiger partial charge in [-0.3, -0.25) is 0 Å². The Kier molecular flexibility index (Phi) is 4.70. The molecule has 5 heteroatoms. The third-order valence-electron chi connectivity index (χ3n) is 5.26. The van der Waals surface area contributed by atoms with Crippen LogP contribution in [0.3, 0.4) is 0 Å². The standard InChI is InChI=1S/C24H17Cl2N3/c25-21-11-10-15(13-22(21)26)20-12-16-14-27-24(28-17-6-2-1-3-7-17)29-23(16)19-9-5-4-8-18(19)20/h1-11,13-14,20H,12H2,(H,27,28,29). The third kappa shape index (κ3) is 3.48. The van der Waals surface area contributed by atoms with E-state index < -0.39 is 0 Å². The van der Waals surface area contributed by atoms with Gasteiger partial charge in [-0.25, -0.2) is 9.97 Å². The number of nitrogens with zero attached hydrogens (tertiary/aromatic N) is 2. The zero-order valence-electron chi connectivity index (χ0n) is 15.4. The minimum atomic E-state index is 0.185. The number of halogens is 2. The largest absolute Gasteiger partial charge is 0.324 e. The lowest BCUT2D eigenvalue weighted by Gasteiger charge is -2.27. The van der Waals surface area contributed by atoms with Crippen LogP contribution in [-0.4, -0.2) is 9.97 Å². The minimum absolute atomic E-state index is 0.185. The second-order valence-corrected chi connectivity index (χ2v) is 7.89.